The van der Waals surface area contributed by atoms with Gasteiger partial charge in [0.25, 0.3) is 5.91 Å². The van der Waals surface area contributed by atoms with Gasteiger partial charge in [0.2, 0.25) is 5.91 Å². The molecule has 176 valence electrons. The molecule has 32 heavy (non-hydrogen) atoms. The zero-order valence-electron chi connectivity index (χ0n) is 19.3. The number of carbonyl (C=O) groups is 2. The second-order valence-corrected chi connectivity index (χ2v) is 9.91. The predicted octanol–water partition coefficient (Wildman–Crippen LogP) is 2.23. The van der Waals surface area contributed by atoms with E-state index >= 15 is 0 Å². The van der Waals surface area contributed by atoms with Gasteiger partial charge in [-0.25, -0.2) is 0 Å². The van der Waals surface area contributed by atoms with Gasteiger partial charge in [0.05, 0.1) is 18.2 Å². The maximum atomic E-state index is 13.3. The Morgan fingerprint density at radius 3 is 2.53 bits per heavy atom. The van der Waals surface area contributed by atoms with Crippen LogP contribution < -0.4 is 10.6 Å². The molecule has 1 aromatic carbocycles. The van der Waals surface area contributed by atoms with Gasteiger partial charge in [0, 0.05) is 18.5 Å². The Kier molecular flexibility index (Phi) is 7.90. The SMILES string of the molecule is CC(C)(C)C(NC(=O)c1nn(CC2CCCCC2)c2ccccc12)C(=O)NCC(O)CO. The number of hydrogen-bond donors (Lipinski definition) is 4. The van der Waals surface area contributed by atoms with Gasteiger partial charge in [-0.1, -0.05) is 58.2 Å². The molecule has 1 saturated carbocycles. The largest absolute Gasteiger partial charge is 0.394 e. The molecule has 3 rings (SSSR count). The molecule has 0 aliphatic heterocycles. The molecule has 2 amide bonds. The third-order valence-electron chi connectivity index (χ3n) is 6.16. The maximum Gasteiger partial charge on any atom is 0.273 e. The highest BCUT2D eigenvalue weighted by Gasteiger charge is 2.34. The number of amides is 2. The molecule has 1 aromatic heterocycles. The minimum atomic E-state index is -1.05. The van der Waals surface area contributed by atoms with Crippen molar-refractivity contribution in [3.05, 3.63) is 30.0 Å². The molecule has 1 heterocycles. The van der Waals surface area contributed by atoms with E-state index in [1.807, 2.05) is 49.7 Å². The highest BCUT2D eigenvalue weighted by molar-refractivity contribution is 6.06. The van der Waals surface area contributed by atoms with E-state index in [-0.39, 0.29) is 6.54 Å². The number of nitrogens with zero attached hydrogens (tertiary/aromatic N) is 2. The smallest absolute Gasteiger partial charge is 0.273 e. The normalized spacial score (nSPS) is 17.2. The second-order valence-electron chi connectivity index (χ2n) is 9.91. The van der Waals surface area contributed by atoms with Gasteiger partial charge >= 0.3 is 0 Å². The van der Waals surface area contributed by atoms with Crippen molar-refractivity contribution < 1.29 is 19.8 Å². The van der Waals surface area contributed by atoms with Crippen LogP contribution in [0.25, 0.3) is 10.9 Å². The third-order valence-corrected chi connectivity index (χ3v) is 6.16. The van der Waals surface area contributed by atoms with Crippen molar-refractivity contribution in [1.82, 2.24) is 20.4 Å². The maximum absolute atomic E-state index is 13.3. The first-order chi connectivity index (χ1) is 15.2. The number of aliphatic hydroxyl groups is 2. The number of fused-ring (bicyclic) bond motifs is 1. The quantitative estimate of drug-likeness (QED) is 0.498. The lowest BCUT2D eigenvalue weighted by Crippen LogP contribution is -2.54. The van der Waals surface area contributed by atoms with Crippen molar-refractivity contribution in [2.75, 3.05) is 13.2 Å². The number of aromatic nitrogens is 2. The fourth-order valence-electron chi connectivity index (χ4n) is 4.31. The molecule has 1 aliphatic rings. The van der Waals surface area contributed by atoms with Crippen LogP contribution in [0.5, 0.6) is 0 Å². The molecule has 0 saturated heterocycles. The summed E-state index contributed by atoms with van der Waals surface area (Å²) in [5.41, 5.74) is 0.671. The third kappa shape index (κ3) is 5.86. The van der Waals surface area contributed by atoms with E-state index in [1.165, 1.54) is 32.1 Å². The van der Waals surface area contributed by atoms with Gasteiger partial charge in [0.1, 0.15) is 6.04 Å². The highest BCUT2D eigenvalue weighted by atomic mass is 16.3. The lowest BCUT2D eigenvalue weighted by atomic mass is 9.86. The second kappa shape index (κ2) is 10.4. The van der Waals surface area contributed by atoms with Crippen LogP contribution in [0.4, 0.5) is 0 Å². The number of carbonyl (C=O) groups excluding carboxylic acids is 2. The van der Waals surface area contributed by atoms with E-state index in [9.17, 15) is 14.7 Å². The van der Waals surface area contributed by atoms with E-state index in [0.29, 0.717) is 11.6 Å². The molecule has 0 radical (unpaired) electrons. The summed E-state index contributed by atoms with van der Waals surface area (Å²) in [7, 11) is 0. The van der Waals surface area contributed by atoms with Crippen LogP contribution in [0.1, 0.15) is 63.4 Å². The Balaban J connectivity index is 1.82. The van der Waals surface area contributed by atoms with Gasteiger partial charge < -0.3 is 20.8 Å². The minimum Gasteiger partial charge on any atom is -0.394 e. The number of para-hydroxylation sites is 1. The lowest BCUT2D eigenvalue weighted by molar-refractivity contribution is -0.125. The first-order valence-electron chi connectivity index (χ1n) is 11.5. The van der Waals surface area contributed by atoms with Gasteiger partial charge in [0.15, 0.2) is 5.69 Å². The lowest BCUT2D eigenvalue weighted by Gasteiger charge is -2.30. The Labute approximate surface area is 189 Å². The summed E-state index contributed by atoms with van der Waals surface area (Å²) < 4.78 is 1.93. The Bertz CT molecular complexity index is 928. The number of nitrogens with one attached hydrogen (secondary N) is 2. The highest BCUT2D eigenvalue weighted by Crippen LogP contribution is 2.27. The molecular weight excluding hydrogens is 408 g/mol. The summed E-state index contributed by atoms with van der Waals surface area (Å²) in [6.45, 7) is 5.84. The van der Waals surface area contributed by atoms with Crippen molar-refractivity contribution in [1.29, 1.82) is 0 Å². The summed E-state index contributed by atoms with van der Waals surface area (Å²) in [6.07, 6.45) is 5.09. The van der Waals surface area contributed by atoms with Crippen molar-refractivity contribution in [3.8, 4) is 0 Å². The Morgan fingerprint density at radius 1 is 1.19 bits per heavy atom. The van der Waals surface area contributed by atoms with Gasteiger partial charge in [-0.15, -0.1) is 0 Å². The summed E-state index contributed by atoms with van der Waals surface area (Å²) in [5.74, 6) is -0.250. The average molecular weight is 445 g/mol. The van der Waals surface area contributed by atoms with Crippen molar-refractivity contribution >= 4 is 22.7 Å². The summed E-state index contributed by atoms with van der Waals surface area (Å²) >= 11 is 0. The summed E-state index contributed by atoms with van der Waals surface area (Å²) in [6, 6.07) is 6.87. The van der Waals surface area contributed by atoms with Gasteiger partial charge in [-0.2, -0.15) is 5.10 Å². The number of aliphatic hydroxyl groups excluding tert-OH is 2. The van der Waals surface area contributed by atoms with Crippen LogP contribution in [0.2, 0.25) is 0 Å². The zero-order chi connectivity index (χ0) is 23.3. The number of rotatable bonds is 8. The fourth-order valence-corrected chi connectivity index (χ4v) is 4.31. The molecule has 4 N–H and O–H groups in total. The van der Waals surface area contributed by atoms with E-state index in [2.05, 4.69) is 15.7 Å². The summed E-state index contributed by atoms with van der Waals surface area (Å²) in [5, 5.41) is 29.4. The first-order valence-corrected chi connectivity index (χ1v) is 11.5. The average Bonchev–Trinajstić information content (AvgIpc) is 3.14. The van der Waals surface area contributed by atoms with Crippen molar-refractivity contribution in [3.63, 3.8) is 0 Å². The standard InChI is InChI=1S/C24H36N4O4/c1-24(2,3)21(23(32)25-13-17(30)15-29)26-22(31)20-18-11-7-8-12-19(18)28(27-20)14-16-9-5-4-6-10-16/h7-8,11-12,16-17,21,29-30H,4-6,9-10,13-15H2,1-3H3,(H,25,32)(H,26,31). The van der Waals surface area contributed by atoms with Crippen molar-refractivity contribution in [2.24, 2.45) is 11.3 Å². The first kappa shape index (κ1) is 24.2. The molecule has 0 bridgehead atoms. The number of hydrogen-bond acceptors (Lipinski definition) is 5. The van der Waals surface area contributed by atoms with Crippen LogP contribution in [0, 0.1) is 11.3 Å². The van der Waals surface area contributed by atoms with Crippen LogP contribution in [-0.4, -0.2) is 57.1 Å². The minimum absolute atomic E-state index is 0.0866. The predicted molar refractivity (Wildman–Crippen MR) is 123 cm³/mol. The molecule has 1 aliphatic carbocycles. The van der Waals surface area contributed by atoms with E-state index in [1.54, 1.807) is 0 Å². The molecule has 1 fully saturated rings. The van der Waals surface area contributed by atoms with Crippen LogP contribution >= 0.6 is 0 Å². The summed E-state index contributed by atoms with van der Waals surface area (Å²) in [4.78, 5) is 26.0. The molecule has 8 nitrogen and oxygen atoms in total. The molecule has 2 aromatic rings. The van der Waals surface area contributed by atoms with Crippen LogP contribution in [-0.2, 0) is 11.3 Å². The molecule has 2 unspecified atom stereocenters. The van der Waals surface area contributed by atoms with Crippen LogP contribution in [0.15, 0.2) is 24.3 Å². The Hall–Kier alpha value is -2.45. The van der Waals surface area contributed by atoms with E-state index in [0.717, 1.165) is 17.4 Å². The Morgan fingerprint density at radius 2 is 1.88 bits per heavy atom. The molecule has 0 spiro atoms. The van der Waals surface area contributed by atoms with Gasteiger partial charge in [-0.05, 0) is 30.2 Å². The topological polar surface area (TPSA) is 116 Å². The molecule has 8 heteroatoms. The van der Waals surface area contributed by atoms with Crippen LogP contribution in [0.3, 0.4) is 0 Å². The van der Waals surface area contributed by atoms with Crippen molar-refractivity contribution in [2.45, 2.75) is 71.6 Å². The molecule has 2 atom stereocenters. The fraction of sp³-hybridized carbons (Fsp3) is 0.625. The molecular formula is C24H36N4O4. The zero-order valence-corrected chi connectivity index (χ0v) is 19.3. The van der Waals surface area contributed by atoms with E-state index in [4.69, 9.17) is 5.11 Å². The van der Waals surface area contributed by atoms with E-state index < -0.39 is 36.0 Å². The number of benzene rings is 1. The van der Waals surface area contributed by atoms with Gasteiger partial charge in [-0.3, -0.25) is 14.3 Å². The monoisotopic (exact) mass is 444 g/mol.